The van der Waals surface area contributed by atoms with Crippen LogP contribution in [0.1, 0.15) is 30.0 Å². The number of hydrogen-bond donors (Lipinski definition) is 1. The first-order valence-electron chi connectivity index (χ1n) is 6.08. The van der Waals surface area contributed by atoms with Crippen molar-refractivity contribution in [2.75, 3.05) is 20.3 Å². The molecule has 0 aliphatic carbocycles. The number of benzene rings is 1. The molecule has 1 aromatic rings. The van der Waals surface area contributed by atoms with E-state index in [-0.39, 0.29) is 0 Å². The highest BCUT2D eigenvalue weighted by Crippen LogP contribution is 2.26. The van der Waals surface area contributed by atoms with Gasteiger partial charge in [0, 0.05) is 19.7 Å². The van der Waals surface area contributed by atoms with Crippen LogP contribution < -0.4 is 5.32 Å². The second kappa shape index (κ2) is 5.46. The Kier molecular flexibility index (Phi) is 3.97. The fourth-order valence-corrected chi connectivity index (χ4v) is 2.46. The van der Waals surface area contributed by atoms with Crippen molar-refractivity contribution in [1.82, 2.24) is 5.32 Å². The normalized spacial score (nSPS) is 25.6. The Hall–Kier alpha value is -0.860. The number of ether oxygens (including phenoxy) is 1. The topological polar surface area (TPSA) is 21.3 Å². The molecule has 0 spiro atoms. The second-order valence-electron chi connectivity index (χ2n) is 4.77. The third-order valence-electron chi connectivity index (χ3n) is 3.36. The number of nitrogens with one attached hydrogen (secondary N) is 1. The third-order valence-corrected chi connectivity index (χ3v) is 3.36. The number of rotatable bonds is 3. The van der Waals surface area contributed by atoms with Crippen molar-refractivity contribution < 1.29 is 4.74 Å². The van der Waals surface area contributed by atoms with E-state index < -0.39 is 0 Å². The van der Waals surface area contributed by atoms with Gasteiger partial charge in [0.2, 0.25) is 0 Å². The van der Waals surface area contributed by atoms with Crippen molar-refractivity contribution in [2.24, 2.45) is 5.92 Å². The van der Waals surface area contributed by atoms with E-state index >= 15 is 0 Å². The molecule has 2 heteroatoms. The smallest absolute Gasteiger partial charge is 0.0502 e. The lowest BCUT2D eigenvalue weighted by Gasteiger charge is -2.30. The molecule has 1 fully saturated rings. The van der Waals surface area contributed by atoms with Gasteiger partial charge in [0.1, 0.15) is 0 Å². The summed E-state index contributed by atoms with van der Waals surface area (Å²) in [6.07, 6.45) is 2.48. The minimum Gasteiger partial charge on any atom is -0.384 e. The highest BCUT2D eigenvalue weighted by molar-refractivity contribution is 5.25. The van der Waals surface area contributed by atoms with E-state index in [4.69, 9.17) is 4.74 Å². The molecule has 2 nitrogen and oxygen atoms in total. The predicted octanol–water partition coefficient (Wildman–Crippen LogP) is 2.68. The van der Waals surface area contributed by atoms with E-state index in [1.54, 1.807) is 7.11 Å². The first-order valence-corrected chi connectivity index (χ1v) is 6.08. The standard InChI is InChI=1S/C14H21NO/c1-11-4-3-5-13(8-11)14-7-6-12(9-15-14)10-16-2/h3-5,8,12,14-15H,6-7,9-10H2,1-2H3. The van der Waals surface area contributed by atoms with Crippen molar-refractivity contribution in [3.63, 3.8) is 0 Å². The molecule has 1 aliphatic heterocycles. The second-order valence-corrected chi connectivity index (χ2v) is 4.77. The lowest BCUT2D eigenvalue weighted by atomic mass is 9.91. The number of aryl methyl sites for hydroxylation is 1. The summed E-state index contributed by atoms with van der Waals surface area (Å²) in [6, 6.07) is 9.34. The molecule has 0 bridgehead atoms. The molecule has 0 saturated carbocycles. The summed E-state index contributed by atoms with van der Waals surface area (Å²) in [6.45, 7) is 4.11. The Bertz CT molecular complexity index is 329. The summed E-state index contributed by atoms with van der Waals surface area (Å²) in [5, 5.41) is 3.62. The van der Waals surface area contributed by atoms with Gasteiger partial charge in [0.25, 0.3) is 0 Å². The molecule has 1 aromatic carbocycles. The van der Waals surface area contributed by atoms with Crippen molar-refractivity contribution in [1.29, 1.82) is 0 Å². The van der Waals surface area contributed by atoms with Crippen molar-refractivity contribution in [3.05, 3.63) is 35.4 Å². The summed E-state index contributed by atoms with van der Waals surface area (Å²) in [5.74, 6) is 0.686. The Morgan fingerprint density at radius 2 is 2.25 bits per heavy atom. The van der Waals surface area contributed by atoms with Gasteiger partial charge >= 0.3 is 0 Å². The highest BCUT2D eigenvalue weighted by atomic mass is 16.5. The van der Waals surface area contributed by atoms with E-state index in [0.717, 1.165) is 13.2 Å². The molecule has 1 heterocycles. The van der Waals surface area contributed by atoms with Gasteiger partial charge in [-0.25, -0.2) is 0 Å². The fourth-order valence-electron chi connectivity index (χ4n) is 2.46. The van der Waals surface area contributed by atoms with Gasteiger partial charge in [-0.05, 0) is 31.2 Å². The summed E-state index contributed by atoms with van der Waals surface area (Å²) in [4.78, 5) is 0. The Morgan fingerprint density at radius 3 is 2.88 bits per heavy atom. The SMILES string of the molecule is COCC1CCC(c2cccc(C)c2)NC1. The zero-order valence-electron chi connectivity index (χ0n) is 10.2. The molecule has 1 aliphatic rings. The van der Waals surface area contributed by atoms with Crippen LogP contribution in [0.15, 0.2) is 24.3 Å². The van der Waals surface area contributed by atoms with Gasteiger partial charge in [0.15, 0.2) is 0 Å². The van der Waals surface area contributed by atoms with E-state index in [2.05, 4.69) is 36.5 Å². The van der Waals surface area contributed by atoms with Gasteiger partial charge in [-0.15, -0.1) is 0 Å². The summed E-state index contributed by atoms with van der Waals surface area (Å²) in [7, 11) is 1.78. The molecule has 16 heavy (non-hydrogen) atoms. The fraction of sp³-hybridized carbons (Fsp3) is 0.571. The van der Waals surface area contributed by atoms with Crippen LogP contribution in [0.5, 0.6) is 0 Å². The Morgan fingerprint density at radius 1 is 1.38 bits per heavy atom. The van der Waals surface area contributed by atoms with Crippen molar-refractivity contribution in [3.8, 4) is 0 Å². The van der Waals surface area contributed by atoms with Gasteiger partial charge in [0.05, 0.1) is 6.61 Å². The first kappa shape index (κ1) is 11.6. The van der Waals surface area contributed by atoms with Gasteiger partial charge in [-0.1, -0.05) is 29.8 Å². The number of hydrogen-bond acceptors (Lipinski definition) is 2. The van der Waals surface area contributed by atoms with Gasteiger partial charge in [-0.3, -0.25) is 0 Å². The van der Waals surface area contributed by atoms with E-state index in [1.807, 2.05) is 0 Å². The first-order chi connectivity index (χ1) is 7.79. The summed E-state index contributed by atoms with van der Waals surface area (Å²) < 4.78 is 5.20. The zero-order chi connectivity index (χ0) is 11.4. The molecule has 2 atom stereocenters. The van der Waals surface area contributed by atoms with E-state index in [9.17, 15) is 0 Å². The quantitative estimate of drug-likeness (QED) is 0.844. The number of methoxy groups -OCH3 is 1. The molecule has 0 aromatic heterocycles. The maximum Gasteiger partial charge on any atom is 0.0502 e. The van der Waals surface area contributed by atoms with Crippen LogP contribution in [0, 0.1) is 12.8 Å². The summed E-state index contributed by atoms with van der Waals surface area (Å²) >= 11 is 0. The van der Waals surface area contributed by atoms with E-state index in [0.29, 0.717) is 12.0 Å². The van der Waals surface area contributed by atoms with E-state index in [1.165, 1.54) is 24.0 Å². The molecule has 2 rings (SSSR count). The lowest BCUT2D eigenvalue weighted by Crippen LogP contribution is -2.35. The van der Waals surface area contributed by atoms with Crippen LogP contribution in [0.3, 0.4) is 0 Å². The maximum absolute atomic E-state index is 5.20. The Balaban J connectivity index is 1.94. The van der Waals surface area contributed by atoms with Crippen LogP contribution in [-0.4, -0.2) is 20.3 Å². The largest absolute Gasteiger partial charge is 0.384 e. The van der Waals surface area contributed by atoms with Crippen LogP contribution in [0.2, 0.25) is 0 Å². The van der Waals surface area contributed by atoms with Crippen LogP contribution in [0.25, 0.3) is 0 Å². The molecule has 1 saturated heterocycles. The molecule has 0 radical (unpaired) electrons. The lowest BCUT2D eigenvalue weighted by molar-refractivity contribution is 0.129. The molecule has 0 amide bonds. The molecule has 1 N–H and O–H groups in total. The number of piperidine rings is 1. The minimum absolute atomic E-state index is 0.535. The van der Waals surface area contributed by atoms with Gasteiger partial charge in [-0.2, -0.15) is 0 Å². The molecular formula is C14H21NO. The van der Waals surface area contributed by atoms with Crippen molar-refractivity contribution in [2.45, 2.75) is 25.8 Å². The van der Waals surface area contributed by atoms with Crippen LogP contribution in [0.4, 0.5) is 0 Å². The zero-order valence-corrected chi connectivity index (χ0v) is 10.2. The predicted molar refractivity (Wildman–Crippen MR) is 66.5 cm³/mol. The molecule has 88 valence electrons. The van der Waals surface area contributed by atoms with Crippen LogP contribution >= 0.6 is 0 Å². The van der Waals surface area contributed by atoms with Gasteiger partial charge < -0.3 is 10.1 Å². The Labute approximate surface area is 98.0 Å². The highest BCUT2D eigenvalue weighted by Gasteiger charge is 2.21. The average Bonchev–Trinajstić information content (AvgIpc) is 2.30. The molecule has 2 unspecified atom stereocenters. The van der Waals surface area contributed by atoms with Crippen LogP contribution in [-0.2, 0) is 4.74 Å². The molecular weight excluding hydrogens is 198 g/mol. The summed E-state index contributed by atoms with van der Waals surface area (Å²) in [5.41, 5.74) is 2.77. The maximum atomic E-state index is 5.20. The average molecular weight is 219 g/mol. The minimum atomic E-state index is 0.535. The monoisotopic (exact) mass is 219 g/mol. The third kappa shape index (κ3) is 2.83. The van der Waals surface area contributed by atoms with Crippen molar-refractivity contribution >= 4 is 0 Å².